The molecule has 0 spiro atoms. The van der Waals surface area contributed by atoms with Crippen molar-refractivity contribution in [1.29, 1.82) is 0 Å². The van der Waals surface area contributed by atoms with Crippen molar-refractivity contribution < 1.29 is 17.2 Å². The van der Waals surface area contributed by atoms with E-state index in [0.29, 0.717) is 16.4 Å². The first-order valence-electron chi connectivity index (χ1n) is 9.33. The standard InChI is InChI=1S/C20H23F2IN4O2S/c1-3-4-7-20(8-9-20)27-30(28,29)26-19-17(24-2)10-13(21)11-18(19)25-16-6-5-14(23)12-15(16)22/h3,5-6,10-12,24-27H,1,4,7-9H2,2H3. The topological polar surface area (TPSA) is 82.3 Å². The summed E-state index contributed by atoms with van der Waals surface area (Å²) in [4.78, 5) is 0. The van der Waals surface area contributed by atoms with Gasteiger partial charge < -0.3 is 10.6 Å². The Kier molecular flexibility index (Phi) is 6.88. The quantitative estimate of drug-likeness (QED) is 0.246. The van der Waals surface area contributed by atoms with Gasteiger partial charge in [0.05, 0.1) is 22.7 Å². The molecule has 6 nitrogen and oxygen atoms in total. The SMILES string of the molecule is C=CCCC1(NS(=O)(=O)Nc2c(NC)cc(F)cc2Nc2ccc(I)cc2F)CC1. The molecule has 0 heterocycles. The van der Waals surface area contributed by atoms with E-state index >= 15 is 0 Å². The molecule has 30 heavy (non-hydrogen) atoms. The molecular weight excluding hydrogens is 525 g/mol. The van der Waals surface area contributed by atoms with Gasteiger partial charge >= 0.3 is 0 Å². The van der Waals surface area contributed by atoms with Gasteiger partial charge in [0, 0.05) is 16.2 Å². The number of hydrogen-bond donors (Lipinski definition) is 4. The van der Waals surface area contributed by atoms with Crippen LogP contribution in [0, 0.1) is 15.2 Å². The van der Waals surface area contributed by atoms with E-state index in [4.69, 9.17) is 0 Å². The molecule has 2 aromatic rings. The zero-order valence-corrected chi connectivity index (χ0v) is 19.3. The maximum atomic E-state index is 14.3. The molecule has 0 unspecified atom stereocenters. The fraction of sp³-hybridized carbons (Fsp3) is 0.300. The molecule has 3 rings (SSSR count). The van der Waals surface area contributed by atoms with Crippen molar-refractivity contribution in [3.63, 3.8) is 0 Å². The molecule has 0 aliphatic heterocycles. The van der Waals surface area contributed by atoms with Gasteiger partial charge in [0.25, 0.3) is 10.2 Å². The first-order valence-corrected chi connectivity index (χ1v) is 11.9. The van der Waals surface area contributed by atoms with E-state index in [1.165, 1.54) is 12.1 Å². The number of halogens is 3. The Morgan fingerprint density at radius 2 is 1.87 bits per heavy atom. The largest absolute Gasteiger partial charge is 0.386 e. The van der Waals surface area contributed by atoms with Crippen molar-refractivity contribution in [3.8, 4) is 0 Å². The maximum absolute atomic E-state index is 14.3. The first-order chi connectivity index (χ1) is 14.2. The van der Waals surface area contributed by atoms with Crippen molar-refractivity contribution in [2.24, 2.45) is 0 Å². The number of rotatable bonds is 10. The first kappa shape index (κ1) is 22.8. The molecule has 0 saturated heterocycles. The molecule has 162 valence electrons. The smallest absolute Gasteiger partial charge is 0.299 e. The summed E-state index contributed by atoms with van der Waals surface area (Å²) in [5, 5.41) is 5.57. The van der Waals surface area contributed by atoms with E-state index < -0.39 is 27.4 Å². The summed E-state index contributed by atoms with van der Waals surface area (Å²) in [6, 6.07) is 6.79. The van der Waals surface area contributed by atoms with Crippen LogP contribution in [0.3, 0.4) is 0 Å². The molecule has 0 amide bonds. The van der Waals surface area contributed by atoms with Crippen LogP contribution in [-0.4, -0.2) is 21.0 Å². The highest BCUT2D eigenvalue weighted by Crippen LogP contribution is 2.41. The Morgan fingerprint density at radius 3 is 2.47 bits per heavy atom. The van der Waals surface area contributed by atoms with Crippen molar-refractivity contribution >= 4 is 55.5 Å². The van der Waals surface area contributed by atoms with Gasteiger partial charge in [-0.05, 0) is 78.6 Å². The molecule has 0 bridgehead atoms. The van der Waals surface area contributed by atoms with Gasteiger partial charge in [0.1, 0.15) is 11.6 Å². The number of anilines is 4. The molecule has 0 radical (unpaired) electrons. The number of nitrogens with one attached hydrogen (secondary N) is 4. The Bertz CT molecular complexity index is 1060. The fourth-order valence-electron chi connectivity index (χ4n) is 3.13. The van der Waals surface area contributed by atoms with E-state index in [-0.39, 0.29) is 22.7 Å². The second-order valence-electron chi connectivity index (χ2n) is 7.19. The summed E-state index contributed by atoms with van der Waals surface area (Å²) in [5.74, 6) is -1.14. The molecule has 2 aromatic carbocycles. The van der Waals surface area contributed by atoms with Gasteiger partial charge in [-0.15, -0.1) is 6.58 Å². The number of hydrogen-bond acceptors (Lipinski definition) is 4. The second-order valence-corrected chi connectivity index (χ2v) is 9.85. The van der Waals surface area contributed by atoms with Crippen LogP contribution in [0.4, 0.5) is 31.5 Å². The average molecular weight is 548 g/mol. The summed E-state index contributed by atoms with van der Waals surface area (Å²) in [6.45, 7) is 3.67. The predicted molar refractivity (Wildman–Crippen MR) is 125 cm³/mol. The van der Waals surface area contributed by atoms with Crippen LogP contribution in [-0.2, 0) is 10.2 Å². The Hall–Kier alpha value is -1.92. The van der Waals surface area contributed by atoms with Gasteiger partial charge in [-0.1, -0.05) is 6.08 Å². The lowest BCUT2D eigenvalue weighted by Crippen LogP contribution is -2.40. The van der Waals surface area contributed by atoms with Crippen molar-refractivity contribution in [2.75, 3.05) is 22.4 Å². The van der Waals surface area contributed by atoms with E-state index in [1.807, 2.05) is 22.6 Å². The summed E-state index contributed by atoms with van der Waals surface area (Å²) in [6.07, 6.45) is 4.57. The van der Waals surface area contributed by atoms with Crippen LogP contribution in [0.25, 0.3) is 0 Å². The minimum atomic E-state index is -3.97. The van der Waals surface area contributed by atoms with E-state index in [0.717, 1.165) is 25.0 Å². The molecule has 1 fully saturated rings. The lowest BCUT2D eigenvalue weighted by molar-refractivity contribution is 0.525. The summed E-state index contributed by atoms with van der Waals surface area (Å²) in [5.41, 5.74) is -0.00846. The Labute approximate surface area is 188 Å². The third-order valence-electron chi connectivity index (χ3n) is 4.84. The minimum Gasteiger partial charge on any atom is -0.386 e. The highest BCUT2D eigenvalue weighted by Gasteiger charge is 2.45. The third-order valence-corrected chi connectivity index (χ3v) is 6.69. The minimum absolute atomic E-state index is 0.0840. The Morgan fingerprint density at radius 1 is 1.17 bits per heavy atom. The highest BCUT2D eigenvalue weighted by atomic mass is 127. The molecule has 10 heteroatoms. The van der Waals surface area contributed by atoms with Gasteiger partial charge in [0.2, 0.25) is 0 Å². The highest BCUT2D eigenvalue weighted by molar-refractivity contribution is 14.1. The molecule has 1 saturated carbocycles. The molecule has 1 aliphatic carbocycles. The Balaban J connectivity index is 1.92. The number of allylic oxidation sites excluding steroid dienone is 1. The van der Waals surface area contributed by atoms with Crippen LogP contribution in [0.1, 0.15) is 25.7 Å². The predicted octanol–water partition coefficient (Wildman–Crippen LogP) is 5.10. The summed E-state index contributed by atoms with van der Waals surface area (Å²) >= 11 is 1.98. The van der Waals surface area contributed by atoms with Crippen LogP contribution in [0.15, 0.2) is 43.0 Å². The van der Waals surface area contributed by atoms with Crippen molar-refractivity contribution in [3.05, 3.63) is 58.2 Å². The zero-order valence-electron chi connectivity index (χ0n) is 16.4. The fourth-order valence-corrected chi connectivity index (χ4v) is 4.99. The van der Waals surface area contributed by atoms with Crippen LogP contribution in [0.5, 0.6) is 0 Å². The van der Waals surface area contributed by atoms with Crippen LogP contribution in [0.2, 0.25) is 0 Å². The van der Waals surface area contributed by atoms with Crippen molar-refractivity contribution in [2.45, 2.75) is 31.2 Å². The van der Waals surface area contributed by atoms with E-state index in [1.54, 1.807) is 19.2 Å². The second kappa shape index (κ2) is 9.06. The zero-order chi connectivity index (χ0) is 21.9. The summed E-state index contributed by atoms with van der Waals surface area (Å²) < 4.78 is 59.9. The molecule has 0 atom stereocenters. The van der Waals surface area contributed by atoms with Gasteiger partial charge in [-0.3, -0.25) is 4.72 Å². The maximum Gasteiger partial charge on any atom is 0.299 e. The van der Waals surface area contributed by atoms with Crippen LogP contribution < -0.4 is 20.1 Å². The normalized spacial score (nSPS) is 14.8. The monoisotopic (exact) mass is 548 g/mol. The van der Waals surface area contributed by atoms with Gasteiger partial charge in [-0.25, -0.2) is 8.78 Å². The molecule has 0 aromatic heterocycles. The van der Waals surface area contributed by atoms with E-state index in [9.17, 15) is 17.2 Å². The third kappa shape index (κ3) is 5.61. The lowest BCUT2D eigenvalue weighted by Gasteiger charge is -2.21. The van der Waals surface area contributed by atoms with E-state index in [2.05, 4.69) is 26.7 Å². The van der Waals surface area contributed by atoms with Crippen molar-refractivity contribution in [1.82, 2.24) is 4.72 Å². The lowest BCUT2D eigenvalue weighted by atomic mass is 10.1. The van der Waals surface area contributed by atoms with Crippen LogP contribution >= 0.6 is 22.6 Å². The number of benzene rings is 2. The summed E-state index contributed by atoms with van der Waals surface area (Å²) in [7, 11) is -2.43. The molecular formula is C20H23F2IN4O2S. The van der Waals surface area contributed by atoms with Gasteiger partial charge in [-0.2, -0.15) is 13.1 Å². The molecule has 1 aliphatic rings. The molecule has 4 N–H and O–H groups in total. The van der Waals surface area contributed by atoms with Gasteiger partial charge in [0.15, 0.2) is 0 Å². The average Bonchev–Trinajstić information content (AvgIpc) is 3.42.